The Balaban J connectivity index is 1.28. The number of nitrogens with zero attached hydrogens (tertiary/aromatic N) is 2. The van der Waals surface area contributed by atoms with Crippen LogP contribution in [0.25, 0.3) is 0 Å². The highest BCUT2D eigenvalue weighted by Crippen LogP contribution is 2.55. The minimum absolute atomic E-state index is 0.0797. The van der Waals surface area contributed by atoms with Crippen LogP contribution in [0.15, 0.2) is 40.5 Å². The second kappa shape index (κ2) is 10.9. The van der Waals surface area contributed by atoms with Crippen LogP contribution in [-0.4, -0.2) is 29.0 Å². The number of carbonyl (C=O) groups is 1. The normalized spacial score (nSPS) is 26.1. The number of allylic oxidation sites excluding steroid dienone is 1. The fourth-order valence-electron chi connectivity index (χ4n) is 7.08. The number of urea groups is 1. The van der Waals surface area contributed by atoms with Crippen LogP contribution < -0.4 is 16.4 Å². The molecular formula is C30H45N5O. The molecule has 0 radical (unpaired) electrons. The number of hydrogen-bond acceptors (Lipinski definition) is 4. The van der Waals surface area contributed by atoms with Gasteiger partial charge in [-0.25, -0.2) is 9.79 Å². The zero-order chi connectivity index (χ0) is 25.1. The lowest BCUT2D eigenvalue weighted by molar-refractivity contribution is 0.239. The average Bonchev–Trinajstić information content (AvgIpc) is 3.32. The van der Waals surface area contributed by atoms with E-state index in [9.17, 15) is 4.79 Å². The summed E-state index contributed by atoms with van der Waals surface area (Å²) in [5, 5.41) is 5.86. The zero-order valence-corrected chi connectivity index (χ0v) is 22.3. The molecule has 1 aromatic rings. The lowest BCUT2D eigenvalue weighted by atomic mass is 9.77. The van der Waals surface area contributed by atoms with Gasteiger partial charge in [0.25, 0.3) is 0 Å². The first-order valence-corrected chi connectivity index (χ1v) is 14.4. The number of carbonyl (C=O) groups excluding carboxylic acids is 1. The number of rotatable bonds is 8. The van der Waals surface area contributed by atoms with E-state index in [1.54, 1.807) is 5.57 Å². The summed E-state index contributed by atoms with van der Waals surface area (Å²) >= 11 is 0. The molecule has 3 aliphatic carbocycles. The third kappa shape index (κ3) is 5.42. The van der Waals surface area contributed by atoms with Crippen LogP contribution in [0.5, 0.6) is 0 Å². The van der Waals surface area contributed by atoms with Gasteiger partial charge in [-0.3, -0.25) is 0 Å². The first kappa shape index (κ1) is 25.2. The van der Waals surface area contributed by atoms with Gasteiger partial charge in [0.15, 0.2) is 5.96 Å². The number of nitrogens with one attached hydrogen (secondary N) is 2. The van der Waals surface area contributed by atoms with Gasteiger partial charge in [0.05, 0.1) is 6.54 Å². The van der Waals surface area contributed by atoms with Gasteiger partial charge in [0.1, 0.15) is 5.54 Å². The third-order valence-corrected chi connectivity index (χ3v) is 8.78. The van der Waals surface area contributed by atoms with E-state index in [0.717, 1.165) is 18.0 Å². The highest BCUT2D eigenvalue weighted by molar-refractivity contribution is 5.85. The fraction of sp³-hybridized carbons (Fsp3) is 0.667. The Labute approximate surface area is 217 Å². The van der Waals surface area contributed by atoms with Gasteiger partial charge in [-0.15, -0.1) is 0 Å². The van der Waals surface area contributed by atoms with Crippen molar-refractivity contribution in [1.29, 1.82) is 0 Å². The van der Waals surface area contributed by atoms with Crippen molar-refractivity contribution in [2.45, 2.75) is 103 Å². The molecule has 2 fully saturated rings. The van der Waals surface area contributed by atoms with Gasteiger partial charge >= 0.3 is 6.03 Å². The molecule has 2 saturated carbocycles. The van der Waals surface area contributed by atoms with Crippen LogP contribution in [-0.2, 0) is 13.1 Å². The Morgan fingerprint density at radius 3 is 2.53 bits per heavy atom. The topological polar surface area (TPSA) is 82.8 Å². The molecule has 0 saturated heterocycles. The molecule has 36 heavy (non-hydrogen) atoms. The van der Waals surface area contributed by atoms with Gasteiger partial charge in [-0.05, 0) is 66.6 Å². The maximum Gasteiger partial charge on any atom is 0.315 e. The molecule has 1 aromatic carbocycles. The molecule has 0 spiro atoms. The first-order chi connectivity index (χ1) is 17.4. The minimum atomic E-state index is -0.111. The van der Waals surface area contributed by atoms with Crippen molar-refractivity contribution in [2.75, 3.05) is 6.54 Å². The third-order valence-electron chi connectivity index (χ3n) is 8.78. The molecule has 2 atom stereocenters. The summed E-state index contributed by atoms with van der Waals surface area (Å²) in [5.41, 5.74) is 12.1. The number of fused-ring (bicyclic) bond motifs is 2. The Morgan fingerprint density at radius 1 is 1.06 bits per heavy atom. The quantitative estimate of drug-likeness (QED) is 0.428. The summed E-state index contributed by atoms with van der Waals surface area (Å²) in [6.07, 6.45) is 14.4. The van der Waals surface area contributed by atoms with E-state index >= 15 is 0 Å². The summed E-state index contributed by atoms with van der Waals surface area (Å²) in [5.74, 6) is 2.64. The van der Waals surface area contributed by atoms with Crippen LogP contribution in [0, 0.1) is 17.8 Å². The Morgan fingerprint density at radius 2 is 1.78 bits per heavy atom. The highest BCUT2D eigenvalue weighted by Gasteiger charge is 2.53. The number of guanidine groups is 1. The van der Waals surface area contributed by atoms with Crippen LogP contribution in [0.3, 0.4) is 0 Å². The summed E-state index contributed by atoms with van der Waals surface area (Å²) < 4.78 is 0. The number of benzene rings is 1. The monoisotopic (exact) mass is 491 g/mol. The molecule has 4 N–H and O–H groups in total. The van der Waals surface area contributed by atoms with E-state index in [2.05, 4.69) is 53.6 Å². The highest BCUT2D eigenvalue weighted by atomic mass is 16.2. The summed E-state index contributed by atoms with van der Waals surface area (Å²) in [6, 6.07) is 8.48. The first-order valence-electron chi connectivity index (χ1n) is 14.4. The molecule has 1 aliphatic heterocycles. The smallest absolute Gasteiger partial charge is 0.315 e. The minimum Gasteiger partial charge on any atom is -0.369 e. The van der Waals surface area contributed by atoms with Crippen molar-refractivity contribution in [1.82, 2.24) is 15.5 Å². The Hall–Kier alpha value is -2.50. The lowest BCUT2D eigenvalue weighted by Gasteiger charge is -2.33. The molecule has 2 unspecified atom stereocenters. The SMILES string of the molecule is CC(C)CNC(=O)NCc1ccc(CN2C(N)=NC3(CC4CCCCC4)CC4CCCCC4=C23)cc1. The van der Waals surface area contributed by atoms with Gasteiger partial charge in [0, 0.05) is 18.8 Å². The Kier molecular flexibility index (Phi) is 7.59. The molecule has 6 nitrogen and oxygen atoms in total. The maximum atomic E-state index is 12.0. The van der Waals surface area contributed by atoms with Crippen molar-refractivity contribution in [3.63, 3.8) is 0 Å². The Bertz CT molecular complexity index is 991. The van der Waals surface area contributed by atoms with E-state index in [-0.39, 0.29) is 11.6 Å². The van der Waals surface area contributed by atoms with E-state index in [4.69, 9.17) is 10.7 Å². The largest absolute Gasteiger partial charge is 0.369 e. The summed E-state index contributed by atoms with van der Waals surface area (Å²) in [6.45, 7) is 6.17. The lowest BCUT2D eigenvalue weighted by Crippen LogP contribution is -2.37. The number of nitrogens with two attached hydrogens (primary N) is 1. The van der Waals surface area contributed by atoms with E-state index in [1.807, 2.05) is 0 Å². The molecule has 0 bridgehead atoms. The average molecular weight is 492 g/mol. The number of hydrogen-bond donors (Lipinski definition) is 3. The number of aliphatic imine (C=N–C) groups is 1. The molecule has 2 amide bonds. The van der Waals surface area contributed by atoms with Crippen molar-refractivity contribution in [3.05, 3.63) is 46.7 Å². The predicted molar refractivity (Wildman–Crippen MR) is 146 cm³/mol. The molecule has 0 aromatic heterocycles. The van der Waals surface area contributed by atoms with E-state index in [1.165, 1.54) is 81.9 Å². The van der Waals surface area contributed by atoms with Crippen molar-refractivity contribution < 1.29 is 4.79 Å². The summed E-state index contributed by atoms with van der Waals surface area (Å²) in [7, 11) is 0. The summed E-state index contributed by atoms with van der Waals surface area (Å²) in [4.78, 5) is 19.6. The molecule has 4 aliphatic rings. The molecule has 196 valence electrons. The van der Waals surface area contributed by atoms with E-state index < -0.39 is 0 Å². The van der Waals surface area contributed by atoms with Gasteiger partial charge in [-0.2, -0.15) is 0 Å². The van der Waals surface area contributed by atoms with Crippen LogP contribution in [0.1, 0.15) is 95.6 Å². The molecular weight excluding hydrogens is 446 g/mol. The fourth-order valence-corrected chi connectivity index (χ4v) is 7.08. The predicted octanol–water partition coefficient (Wildman–Crippen LogP) is 5.83. The van der Waals surface area contributed by atoms with Crippen LogP contribution in [0.4, 0.5) is 4.79 Å². The van der Waals surface area contributed by atoms with Gasteiger partial charge in [-0.1, -0.05) is 76.6 Å². The van der Waals surface area contributed by atoms with Crippen LogP contribution in [0.2, 0.25) is 0 Å². The second-order valence-corrected chi connectivity index (χ2v) is 12.1. The second-order valence-electron chi connectivity index (χ2n) is 12.1. The van der Waals surface area contributed by atoms with Gasteiger partial charge < -0.3 is 21.3 Å². The molecule has 1 heterocycles. The number of amides is 2. The van der Waals surface area contributed by atoms with Gasteiger partial charge in [0.2, 0.25) is 0 Å². The van der Waals surface area contributed by atoms with Crippen LogP contribution >= 0.6 is 0 Å². The standard InChI is InChI=1S/C30H45N5O/c1-21(2)18-32-29(36)33-19-23-12-14-24(15-13-23)20-35-27-26-11-7-6-10-25(26)17-30(27,34-28(35)31)16-22-8-4-3-5-9-22/h12-15,21-22,25H,3-11,16-20H2,1-2H3,(H2,31,34)(H2,32,33,36). The van der Waals surface area contributed by atoms with E-state index in [0.29, 0.717) is 30.9 Å². The van der Waals surface area contributed by atoms with Crippen molar-refractivity contribution in [3.8, 4) is 0 Å². The molecule has 6 heteroatoms. The zero-order valence-electron chi connectivity index (χ0n) is 22.3. The molecule has 5 rings (SSSR count). The van der Waals surface area contributed by atoms with Crippen molar-refractivity contribution >= 4 is 12.0 Å². The maximum absolute atomic E-state index is 12.0. The van der Waals surface area contributed by atoms with Crippen molar-refractivity contribution in [2.24, 2.45) is 28.5 Å².